The lowest BCUT2D eigenvalue weighted by Crippen LogP contribution is -2.11. The molecule has 0 aliphatic carbocycles. The van der Waals surface area contributed by atoms with E-state index in [0.717, 1.165) is 0 Å². The summed E-state index contributed by atoms with van der Waals surface area (Å²) in [6.45, 7) is 0. The molecule has 19 heavy (non-hydrogen) atoms. The molecule has 0 spiro atoms. The minimum atomic E-state index is 1.17. The third-order valence-corrected chi connectivity index (χ3v) is 3.24. The Labute approximate surface area is 113 Å². The Morgan fingerprint density at radius 1 is 0.632 bits per heavy atom. The molecule has 2 heteroatoms. The van der Waals surface area contributed by atoms with Gasteiger partial charge < -0.3 is 5.43 Å². The van der Waals surface area contributed by atoms with E-state index >= 15 is 0 Å². The van der Waals surface area contributed by atoms with Crippen molar-refractivity contribution < 1.29 is 0 Å². The van der Waals surface area contributed by atoms with Gasteiger partial charge in [0, 0.05) is 18.2 Å². The van der Waals surface area contributed by atoms with Gasteiger partial charge in [-0.3, -0.25) is 4.68 Å². The molecule has 0 bridgehead atoms. The Kier molecular flexibility index (Phi) is 3.07. The van der Waals surface area contributed by atoms with Crippen LogP contribution in [-0.4, -0.2) is 11.7 Å². The van der Waals surface area contributed by atoms with Crippen LogP contribution in [0, 0.1) is 0 Å². The maximum atomic E-state index is 3.26. The molecule has 0 amide bonds. The minimum absolute atomic E-state index is 1.17. The van der Waals surface area contributed by atoms with Crippen LogP contribution in [0.4, 0.5) is 0 Å². The summed E-state index contributed by atoms with van der Waals surface area (Å²) < 4.78 is 2.12. The zero-order valence-electron chi connectivity index (χ0n) is 10.9. The Morgan fingerprint density at radius 2 is 1.05 bits per heavy atom. The van der Waals surface area contributed by atoms with Crippen molar-refractivity contribution >= 4 is 0 Å². The third-order valence-electron chi connectivity index (χ3n) is 3.24. The SMILES string of the molecule is CNn1c(-c2ccccc2)ccc1-c1ccccc1. The first-order valence-corrected chi connectivity index (χ1v) is 6.40. The van der Waals surface area contributed by atoms with Crippen molar-refractivity contribution in [3.05, 3.63) is 72.8 Å². The molecule has 2 nitrogen and oxygen atoms in total. The highest BCUT2D eigenvalue weighted by Gasteiger charge is 2.09. The highest BCUT2D eigenvalue weighted by molar-refractivity contribution is 5.70. The highest BCUT2D eigenvalue weighted by atomic mass is 15.4. The topological polar surface area (TPSA) is 17.0 Å². The lowest BCUT2D eigenvalue weighted by Gasteiger charge is -2.13. The van der Waals surface area contributed by atoms with Gasteiger partial charge in [0.15, 0.2) is 0 Å². The summed E-state index contributed by atoms with van der Waals surface area (Å²) in [5, 5.41) is 0. The van der Waals surface area contributed by atoms with Gasteiger partial charge in [-0.1, -0.05) is 60.7 Å². The predicted octanol–water partition coefficient (Wildman–Crippen LogP) is 4.00. The van der Waals surface area contributed by atoms with Crippen LogP contribution in [0.1, 0.15) is 0 Å². The van der Waals surface area contributed by atoms with Crippen LogP contribution in [0.3, 0.4) is 0 Å². The second-order valence-electron chi connectivity index (χ2n) is 4.39. The van der Waals surface area contributed by atoms with Gasteiger partial charge in [-0.2, -0.15) is 0 Å². The summed E-state index contributed by atoms with van der Waals surface area (Å²) in [5.74, 6) is 0. The van der Waals surface area contributed by atoms with Crippen molar-refractivity contribution in [2.45, 2.75) is 0 Å². The Bertz CT molecular complexity index is 597. The Hall–Kier alpha value is -2.48. The number of hydrogen-bond donors (Lipinski definition) is 1. The largest absolute Gasteiger partial charge is 0.328 e. The second kappa shape index (κ2) is 5.02. The second-order valence-corrected chi connectivity index (χ2v) is 4.39. The molecule has 2 aromatic carbocycles. The summed E-state index contributed by atoms with van der Waals surface area (Å²) in [7, 11) is 1.94. The standard InChI is InChI=1S/C17H16N2/c1-18-19-16(14-8-4-2-5-9-14)12-13-17(19)15-10-6-3-7-11-15/h2-13,18H,1H3. The number of aromatic nitrogens is 1. The van der Waals surface area contributed by atoms with Crippen LogP contribution in [0.25, 0.3) is 22.5 Å². The summed E-state index contributed by atoms with van der Waals surface area (Å²) in [6.07, 6.45) is 0. The van der Waals surface area contributed by atoms with Crippen molar-refractivity contribution in [1.82, 2.24) is 4.68 Å². The fraction of sp³-hybridized carbons (Fsp3) is 0.0588. The molecule has 0 saturated carbocycles. The van der Waals surface area contributed by atoms with Crippen LogP contribution in [-0.2, 0) is 0 Å². The molecule has 0 saturated heterocycles. The van der Waals surface area contributed by atoms with Crippen LogP contribution >= 0.6 is 0 Å². The Morgan fingerprint density at radius 3 is 1.42 bits per heavy atom. The molecule has 1 N–H and O–H groups in total. The minimum Gasteiger partial charge on any atom is -0.328 e. The van der Waals surface area contributed by atoms with E-state index in [1.807, 2.05) is 19.2 Å². The van der Waals surface area contributed by atoms with Gasteiger partial charge in [0.05, 0.1) is 11.4 Å². The maximum absolute atomic E-state index is 3.26. The van der Waals surface area contributed by atoms with Gasteiger partial charge in [0.2, 0.25) is 0 Å². The first-order valence-electron chi connectivity index (χ1n) is 6.40. The first-order chi connectivity index (χ1) is 9.40. The van der Waals surface area contributed by atoms with Gasteiger partial charge in [-0.25, -0.2) is 0 Å². The van der Waals surface area contributed by atoms with Gasteiger partial charge in [-0.15, -0.1) is 0 Å². The van der Waals surface area contributed by atoms with Crippen LogP contribution in [0.2, 0.25) is 0 Å². The lowest BCUT2D eigenvalue weighted by atomic mass is 10.2. The van der Waals surface area contributed by atoms with Crippen molar-refractivity contribution in [2.75, 3.05) is 12.5 Å². The summed E-state index contributed by atoms with van der Waals surface area (Å²) in [6, 6.07) is 25.1. The van der Waals surface area contributed by atoms with Gasteiger partial charge in [0.25, 0.3) is 0 Å². The normalized spacial score (nSPS) is 10.4. The first kappa shape index (κ1) is 11.6. The molecule has 3 aromatic rings. The molecule has 94 valence electrons. The molecule has 0 fully saturated rings. The summed E-state index contributed by atoms with van der Waals surface area (Å²) >= 11 is 0. The predicted molar refractivity (Wildman–Crippen MR) is 80.6 cm³/mol. The van der Waals surface area contributed by atoms with Crippen molar-refractivity contribution in [2.24, 2.45) is 0 Å². The van der Waals surface area contributed by atoms with Crippen LogP contribution in [0.15, 0.2) is 72.8 Å². The van der Waals surface area contributed by atoms with Crippen LogP contribution < -0.4 is 5.43 Å². The van der Waals surface area contributed by atoms with E-state index in [1.165, 1.54) is 22.5 Å². The number of benzene rings is 2. The molecular formula is C17H16N2. The number of nitrogens with one attached hydrogen (secondary N) is 1. The van der Waals surface area contributed by atoms with E-state index in [-0.39, 0.29) is 0 Å². The molecule has 0 aliphatic heterocycles. The smallest absolute Gasteiger partial charge is 0.0699 e. The van der Waals surface area contributed by atoms with Crippen molar-refractivity contribution in [3.63, 3.8) is 0 Å². The Balaban J connectivity index is 2.13. The molecule has 0 atom stereocenters. The quantitative estimate of drug-likeness (QED) is 0.741. The summed E-state index contributed by atoms with van der Waals surface area (Å²) in [5.41, 5.74) is 8.01. The molecule has 0 aliphatic rings. The van der Waals surface area contributed by atoms with E-state index in [2.05, 4.69) is 70.8 Å². The summed E-state index contributed by atoms with van der Waals surface area (Å²) in [4.78, 5) is 0. The monoisotopic (exact) mass is 248 g/mol. The van der Waals surface area contributed by atoms with E-state index in [4.69, 9.17) is 0 Å². The number of hydrogen-bond acceptors (Lipinski definition) is 1. The fourth-order valence-electron chi connectivity index (χ4n) is 2.35. The average molecular weight is 248 g/mol. The average Bonchev–Trinajstić information content (AvgIpc) is 2.93. The number of nitrogens with zero attached hydrogens (tertiary/aromatic N) is 1. The maximum Gasteiger partial charge on any atom is 0.0699 e. The zero-order valence-corrected chi connectivity index (χ0v) is 10.9. The van der Waals surface area contributed by atoms with Gasteiger partial charge in [-0.05, 0) is 12.1 Å². The third kappa shape index (κ3) is 2.13. The molecule has 1 heterocycles. The molecular weight excluding hydrogens is 232 g/mol. The molecule has 1 aromatic heterocycles. The van der Waals surface area contributed by atoms with E-state index in [9.17, 15) is 0 Å². The van der Waals surface area contributed by atoms with Gasteiger partial charge in [0.1, 0.15) is 0 Å². The van der Waals surface area contributed by atoms with Crippen molar-refractivity contribution in [3.8, 4) is 22.5 Å². The molecule has 0 unspecified atom stereocenters. The van der Waals surface area contributed by atoms with Crippen LogP contribution in [0.5, 0.6) is 0 Å². The van der Waals surface area contributed by atoms with Gasteiger partial charge >= 0.3 is 0 Å². The van der Waals surface area contributed by atoms with E-state index in [1.54, 1.807) is 0 Å². The van der Waals surface area contributed by atoms with E-state index in [0.29, 0.717) is 0 Å². The number of rotatable bonds is 3. The zero-order chi connectivity index (χ0) is 13.1. The van der Waals surface area contributed by atoms with Crippen molar-refractivity contribution in [1.29, 1.82) is 0 Å². The lowest BCUT2D eigenvalue weighted by molar-refractivity contribution is 0.954. The highest BCUT2D eigenvalue weighted by Crippen LogP contribution is 2.27. The fourth-order valence-corrected chi connectivity index (χ4v) is 2.35. The molecule has 3 rings (SSSR count). The van der Waals surface area contributed by atoms with E-state index < -0.39 is 0 Å². The molecule has 0 radical (unpaired) electrons.